The van der Waals surface area contributed by atoms with E-state index in [2.05, 4.69) is 16.3 Å². The van der Waals surface area contributed by atoms with E-state index in [4.69, 9.17) is 0 Å². The van der Waals surface area contributed by atoms with Gasteiger partial charge in [-0.25, -0.2) is 0 Å². The van der Waals surface area contributed by atoms with Crippen LogP contribution in [0.1, 0.15) is 4.88 Å². The molecule has 0 saturated carbocycles. The van der Waals surface area contributed by atoms with Crippen LogP contribution in [0.15, 0.2) is 36.4 Å². The van der Waals surface area contributed by atoms with E-state index in [1.165, 1.54) is 4.88 Å². The molecule has 0 bridgehead atoms. The molecule has 0 radical (unpaired) electrons. The van der Waals surface area contributed by atoms with Gasteiger partial charge in [0.15, 0.2) is 0 Å². The van der Waals surface area contributed by atoms with Gasteiger partial charge in [-0.2, -0.15) is 0 Å². The van der Waals surface area contributed by atoms with Crippen LogP contribution < -0.4 is 5.32 Å². The normalized spacial score (nSPS) is 15.3. The van der Waals surface area contributed by atoms with Crippen molar-refractivity contribution in [2.75, 3.05) is 26.2 Å². The van der Waals surface area contributed by atoms with Gasteiger partial charge in [0.1, 0.15) is 0 Å². The number of thiophene rings is 1. The van der Waals surface area contributed by atoms with Gasteiger partial charge < -0.3 is 5.32 Å². The van der Waals surface area contributed by atoms with Crippen LogP contribution in [0.25, 0.3) is 10.4 Å². The maximum Gasteiger partial charge on any atom is 0.278 e. The van der Waals surface area contributed by atoms with E-state index in [9.17, 15) is 10.1 Å². The Morgan fingerprint density at radius 2 is 1.91 bits per heavy atom. The van der Waals surface area contributed by atoms with E-state index in [-0.39, 0.29) is 23.0 Å². The van der Waals surface area contributed by atoms with Gasteiger partial charge in [-0.05, 0) is 18.2 Å². The highest BCUT2D eigenvalue weighted by atomic mass is 35.5. The summed E-state index contributed by atoms with van der Waals surface area (Å²) in [6, 6.07) is 11.0. The van der Waals surface area contributed by atoms with Crippen LogP contribution in [0.3, 0.4) is 0 Å². The van der Waals surface area contributed by atoms with Crippen molar-refractivity contribution in [3.8, 4) is 10.4 Å². The summed E-state index contributed by atoms with van der Waals surface area (Å²) in [7, 11) is 0. The van der Waals surface area contributed by atoms with Gasteiger partial charge in [0.05, 0.1) is 10.5 Å². The number of hydrogen-bond donors (Lipinski definition) is 1. The summed E-state index contributed by atoms with van der Waals surface area (Å²) in [6.45, 7) is 5.09. The van der Waals surface area contributed by atoms with E-state index in [0.717, 1.165) is 37.6 Å². The zero-order valence-corrected chi connectivity index (χ0v) is 13.7. The molecule has 1 aliphatic rings. The molecule has 1 saturated heterocycles. The minimum atomic E-state index is -0.314. The number of hydrogen-bond acceptors (Lipinski definition) is 5. The van der Waals surface area contributed by atoms with E-state index in [1.54, 1.807) is 23.5 Å². The zero-order chi connectivity index (χ0) is 14.7. The first-order valence-electron chi connectivity index (χ1n) is 6.99. The summed E-state index contributed by atoms with van der Waals surface area (Å²) in [6.07, 6.45) is 0. The minimum absolute atomic E-state index is 0. The van der Waals surface area contributed by atoms with Gasteiger partial charge in [-0.3, -0.25) is 15.0 Å². The first-order valence-corrected chi connectivity index (χ1v) is 7.81. The fourth-order valence-corrected chi connectivity index (χ4v) is 3.62. The lowest BCUT2D eigenvalue weighted by Gasteiger charge is -2.26. The van der Waals surface area contributed by atoms with Gasteiger partial charge >= 0.3 is 0 Å². The van der Waals surface area contributed by atoms with Crippen LogP contribution in [-0.4, -0.2) is 36.0 Å². The Labute approximate surface area is 139 Å². The lowest BCUT2D eigenvalue weighted by atomic mass is 10.1. The highest BCUT2D eigenvalue weighted by Gasteiger charge is 2.17. The molecule has 2 heterocycles. The number of nitro benzene ring substituents is 1. The number of para-hydroxylation sites is 1. The Kier molecular flexibility index (Phi) is 5.90. The summed E-state index contributed by atoms with van der Waals surface area (Å²) in [5, 5.41) is 14.5. The first kappa shape index (κ1) is 16.9. The smallest absolute Gasteiger partial charge is 0.278 e. The Balaban J connectivity index is 0.00000176. The molecule has 0 atom stereocenters. The predicted octanol–water partition coefficient (Wildman–Crippen LogP) is 3.15. The minimum Gasteiger partial charge on any atom is -0.314 e. The number of nitro groups is 1. The first-order chi connectivity index (χ1) is 10.2. The summed E-state index contributed by atoms with van der Waals surface area (Å²) in [5.41, 5.74) is 0.882. The molecule has 1 aromatic carbocycles. The molecule has 1 N–H and O–H groups in total. The second-order valence-electron chi connectivity index (χ2n) is 5.07. The molecule has 1 aromatic heterocycles. The highest BCUT2D eigenvalue weighted by Crippen LogP contribution is 2.34. The lowest BCUT2D eigenvalue weighted by molar-refractivity contribution is -0.384. The number of nitrogens with one attached hydrogen (secondary N) is 1. The summed E-state index contributed by atoms with van der Waals surface area (Å²) < 4.78 is 0. The number of halogens is 1. The summed E-state index contributed by atoms with van der Waals surface area (Å²) >= 11 is 1.64. The molecule has 1 aliphatic heterocycles. The van der Waals surface area contributed by atoms with Crippen LogP contribution in [0.4, 0.5) is 5.69 Å². The van der Waals surface area contributed by atoms with E-state index < -0.39 is 0 Å². The monoisotopic (exact) mass is 339 g/mol. The van der Waals surface area contributed by atoms with Crippen molar-refractivity contribution in [1.82, 2.24) is 10.2 Å². The van der Waals surface area contributed by atoms with Crippen molar-refractivity contribution in [3.63, 3.8) is 0 Å². The second kappa shape index (κ2) is 7.69. The predicted molar refractivity (Wildman–Crippen MR) is 91.8 cm³/mol. The molecular weight excluding hydrogens is 322 g/mol. The standard InChI is InChI=1S/C15H17N3O2S.ClH/c19-18(20)14-4-2-1-3-13(14)15-6-5-12(21-15)11-17-9-7-16-8-10-17;/h1-6,16H,7-11H2;1H. The Hall–Kier alpha value is -1.47. The Bertz CT molecular complexity index is 641. The lowest BCUT2D eigenvalue weighted by Crippen LogP contribution is -2.42. The summed E-state index contributed by atoms with van der Waals surface area (Å²) in [4.78, 5) is 15.4. The van der Waals surface area contributed by atoms with Crippen molar-refractivity contribution in [3.05, 3.63) is 51.4 Å². The van der Waals surface area contributed by atoms with Gasteiger partial charge in [0.25, 0.3) is 5.69 Å². The molecule has 5 nitrogen and oxygen atoms in total. The molecule has 22 heavy (non-hydrogen) atoms. The van der Waals surface area contributed by atoms with Gasteiger partial charge in [0.2, 0.25) is 0 Å². The topological polar surface area (TPSA) is 58.4 Å². The maximum absolute atomic E-state index is 11.1. The molecule has 0 spiro atoms. The van der Waals surface area contributed by atoms with Crippen LogP contribution in [-0.2, 0) is 6.54 Å². The van der Waals surface area contributed by atoms with Gasteiger partial charge in [-0.1, -0.05) is 12.1 Å². The van der Waals surface area contributed by atoms with E-state index in [1.807, 2.05) is 18.2 Å². The SMILES string of the molecule is Cl.O=[N+]([O-])c1ccccc1-c1ccc(CN2CCNCC2)s1. The molecule has 7 heteroatoms. The molecule has 0 aliphatic carbocycles. The molecule has 1 fully saturated rings. The third-order valence-electron chi connectivity index (χ3n) is 3.62. The van der Waals surface area contributed by atoms with Crippen molar-refractivity contribution in [2.45, 2.75) is 6.54 Å². The van der Waals surface area contributed by atoms with Gasteiger partial charge in [0, 0.05) is 48.5 Å². The zero-order valence-electron chi connectivity index (χ0n) is 12.0. The fraction of sp³-hybridized carbons (Fsp3) is 0.333. The number of nitrogens with zero attached hydrogens (tertiary/aromatic N) is 2. The van der Waals surface area contributed by atoms with Crippen LogP contribution in [0, 0.1) is 10.1 Å². The van der Waals surface area contributed by atoms with E-state index >= 15 is 0 Å². The van der Waals surface area contributed by atoms with Crippen LogP contribution >= 0.6 is 23.7 Å². The highest BCUT2D eigenvalue weighted by molar-refractivity contribution is 7.15. The third-order valence-corrected chi connectivity index (χ3v) is 4.72. The van der Waals surface area contributed by atoms with E-state index in [0.29, 0.717) is 5.56 Å². The van der Waals surface area contributed by atoms with Crippen LogP contribution in [0.2, 0.25) is 0 Å². The molecule has 2 aromatic rings. The van der Waals surface area contributed by atoms with Crippen molar-refractivity contribution in [1.29, 1.82) is 0 Å². The summed E-state index contributed by atoms with van der Waals surface area (Å²) in [5.74, 6) is 0. The molecule has 3 rings (SSSR count). The average molecular weight is 340 g/mol. The molecule has 118 valence electrons. The fourth-order valence-electron chi connectivity index (χ4n) is 2.54. The van der Waals surface area contributed by atoms with Crippen molar-refractivity contribution in [2.24, 2.45) is 0 Å². The largest absolute Gasteiger partial charge is 0.314 e. The average Bonchev–Trinajstić information content (AvgIpc) is 2.96. The van der Waals surface area contributed by atoms with Crippen molar-refractivity contribution < 1.29 is 4.92 Å². The quantitative estimate of drug-likeness (QED) is 0.686. The number of rotatable bonds is 4. The van der Waals surface area contributed by atoms with Gasteiger partial charge in [-0.15, -0.1) is 23.7 Å². The van der Waals surface area contributed by atoms with Crippen molar-refractivity contribution >= 4 is 29.4 Å². The number of piperazine rings is 1. The Morgan fingerprint density at radius 3 is 2.64 bits per heavy atom. The molecular formula is C15H18ClN3O2S. The number of benzene rings is 1. The van der Waals surface area contributed by atoms with Crippen LogP contribution in [0.5, 0.6) is 0 Å². The third kappa shape index (κ3) is 3.84. The maximum atomic E-state index is 11.1. The Morgan fingerprint density at radius 1 is 1.18 bits per heavy atom. The molecule has 0 unspecified atom stereocenters. The second-order valence-corrected chi connectivity index (χ2v) is 6.23. The molecule has 0 amide bonds.